The van der Waals surface area contributed by atoms with Crippen LogP contribution in [0.25, 0.3) is 10.9 Å². The summed E-state index contributed by atoms with van der Waals surface area (Å²) in [4.78, 5) is 25.6. The quantitative estimate of drug-likeness (QED) is 0.492. The van der Waals surface area contributed by atoms with Crippen molar-refractivity contribution in [3.63, 3.8) is 0 Å². The summed E-state index contributed by atoms with van der Waals surface area (Å²) in [5.41, 5.74) is 1.53. The molecule has 100 valence electrons. The SMILES string of the molecule is CC[C@@H](CCC(=O)c1c[nH]c2ccccc12)[N+](=O)[O-]. The third-order valence-corrected chi connectivity index (χ3v) is 3.36. The molecular weight excluding hydrogens is 244 g/mol. The number of para-hydroxylation sites is 1. The summed E-state index contributed by atoms with van der Waals surface area (Å²) >= 11 is 0. The highest BCUT2D eigenvalue weighted by atomic mass is 16.6. The molecule has 0 saturated carbocycles. The fourth-order valence-corrected chi connectivity index (χ4v) is 2.19. The number of hydrogen-bond donors (Lipinski definition) is 1. The summed E-state index contributed by atoms with van der Waals surface area (Å²) < 4.78 is 0. The van der Waals surface area contributed by atoms with E-state index in [9.17, 15) is 14.9 Å². The molecule has 1 atom stereocenters. The average Bonchev–Trinajstić information content (AvgIpc) is 2.82. The monoisotopic (exact) mass is 260 g/mol. The van der Waals surface area contributed by atoms with E-state index in [1.807, 2.05) is 24.3 Å². The van der Waals surface area contributed by atoms with Crippen LogP contribution in [0.4, 0.5) is 0 Å². The van der Waals surface area contributed by atoms with Gasteiger partial charge < -0.3 is 4.98 Å². The van der Waals surface area contributed by atoms with Crippen LogP contribution in [0.5, 0.6) is 0 Å². The first-order valence-electron chi connectivity index (χ1n) is 6.36. The standard InChI is InChI=1S/C14H16N2O3/c1-2-10(16(18)19)7-8-14(17)12-9-15-13-6-4-3-5-11(12)13/h3-6,9-10,15H,2,7-8H2,1H3/t10-/m0/s1. The van der Waals surface area contributed by atoms with Gasteiger partial charge in [-0.3, -0.25) is 14.9 Å². The van der Waals surface area contributed by atoms with Gasteiger partial charge in [-0.25, -0.2) is 0 Å². The Morgan fingerprint density at radius 3 is 2.84 bits per heavy atom. The largest absolute Gasteiger partial charge is 0.360 e. The van der Waals surface area contributed by atoms with Gasteiger partial charge in [0, 0.05) is 46.8 Å². The molecule has 1 heterocycles. The molecule has 0 radical (unpaired) electrons. The van der Waals surface area contributed by atoms with Crippen LogP contribution >= 0.6 is 0 Å². The van der Waals surface area contributed by atoms with Crippen molar-refractivity contribution in [3.8, 4) is 0 Å². The molecule has 0 unspecified atom stereocenters. The molecule has 0 saturated heterocycles. The topological polar surface area (TPSA) is 76.0 Å². The number of carbonyl (C=O) groups excluding carboxylic acids is 1. The number of nitro groups is 1. The molecular formula is C14H16N2O3. The van der Waals surface area contributed by atoms with E-state index in [1.165, 1.54) is 0 Å². The molecule has 0 bridgehead atoms. The Kier molecular flexibility index (Phi) is 3.94. The van der Waals surface area contributed by atoms with Crippen molar-refractivity contribution in [2.75, 3.05) is 0 Å². The summed E-state index contributed by atoms with van der Waals surface area (Å²) in [5, 5.41) is 11.6. The van der Waals surface area contributed by atoms with Crippen LogP contribution in [0.3, 0.4) is 0 Å². The smallest absolute Gasteiger partial charge is 0.213 e. The number of hydrogen-bond acceptors (Lipinski definition) is 3. The maximum atomic E-state index is 12.1. The Morgan fingerprint density at radius 2 is 2.16 bits per heavy atom. The second-order valence-corrected chi connectivity index (χ2v) is 4.56. The molecule has 0 aliphatic carbocycles. The van der Waals surface area contributed by atoms with Crippen molar-refractivity contribution in [2.24, 2.45) is 0 Å². The minimum atomic E-state index is -0.630. The third-order valence-electron chi connectivity index (χ3n) is 3.36. The number of aromatic nitrogens is 1. The third kappa shape index (κ3) is 2.81. The zero-order valence-corrected chi connectivity index (χ0v) is 10.8. The van der Waals surface area contributed by atoms with Gasteiger partial charge in [-0.05, 0) is 6.07 Å². The van der Waals surface area contributed by atoms with Crippen LogP contribution in [0, 0.1) is 10.1 Å². The first-order valence-corrected chi connectivity index (χ1v) is 6.36. The van der Waals surface area contributed by atoms with Crippen LogP contribution in [-0.4, -0.2) is 21.7 Å². The molecule has 2 rings (SSSR count). The van der Waals surface area contributed by atoms with Crippen molar-refractivity contribution < 1.29 is 9.72 Å². The predicted octanol–water partition coefficient (Wildman–Crippen LogP) is 3.19. The number of nitrogens with zero attached hydrogens (tertiary/aromatic N) is 1. The van der Waals surface area contributed by atoms with Gasteiger partial charge in [-0.15, -0.1) is 0 Å². The van der Waals surface area contributed by atoms with Crippen LogP contribution in [0.2, 0.25) is 0 Å². The summed E-state index contributed by atoms with van der Waals surface area (Å²) in [6, 6.07) is 6.92. The van der Waals surface area contributed by atoms with Gasteiger partial charge in [0.1, 0.15) is 0 Å². The highest BCUT2D eigenvalue weighted by Crippen LogP contribution is 2.20. The maximum Gasteiger partial charge on any atom is 0.213 e. The number of H-pyrrole nitrogens is 1. The molecule has 5 nitrogen and oxygen atoms in total. The lowest BCUT2D eigenvalue weighted by Gasteiger charge is -2.05. The number of Topliss-reactive ketones (excluding diaryl/α,β-unsaturated/α-hetero) is 1. The molecule has 0 aliphatic rings. The van der Waals surface area contributed by atoms with Gasteiger partial charge in [0.2, 0.25) is 6.04 Å². The molecule has 0 amide bonds. The summed E-state index contributed by atoms with van der Waals surface area (Å²) in [6.45, 7) is 1.77. The molecule has 1 N–H and O–H groups in total. The van der Waals surface area contributed by atoms with Crippen LogP contribution in [0.15, 0.2) is 30.5 Å². The molecule has 1 aromatic heterocycles. The van der Waals surface area contributed by atoms with E-state index < -0.39 is 6.04 Å². The Labute approximate surface area is 110 Å². The number of benzene rings is 1. The molecule has 0 spiro atoms. The number of fused-ring (bicyclic) bond motifs is 1. The van der Waals surface area contributed by atoms with Crippen molar-refractivity contribution in [2.45, 2.75) is 32.2 Å². The van der Waals surface area contributed by atoms with E-state index in [0.717, 1.165) is 10.9 Å². The zero-order valence-electron chi connectivity index (χ0n) is 10.8. The Bertz CT molecular complexity index is 604. The van der Waals surface area contributed by atoms with E-state index in [2.05, 4.69) is 4.98 Å². The summed E-state index contributed by atoms with van der Waals surface area (Å²) in [5.74, 6) is -0.0437. The minimum absolute atomic E-state index is 0.0437. The molecule has 0 fully saturated rings. The highest BCUT2D eigenvalue weighted by molar-refractivity contribution is 6.07. The zero-order chi connectivity index (χ0) is 13.8. The fourth-order valence-electron chi connectivity index (χ4n) is 2.19. The summed E-state index contributed by atoms with van der Waals surface area (Å²) in [6.07, 6.45) is 2.64. The van der Waals surface area contributed by atoms with Gasteiger partial charge in [-0.2, -0.15) is 0 Å². The van der Waals surface area contributed by atoms with Crippen molar-refractivity contribution >= 4 is 16.7 Å². The Hall–Kier alpha value is -2.17. The molecule has 0 aliphatic heterocycles. The van der Waals surface area contributed by atoms with Gasteiger partial charge in [-0.1, -0.05) is 25.1 Å². The highest BCUT2D eigenvalue weighted by Gasteiger charge is 2.20. The number of carbonyl (C=O) groups is 1. The second kappa shape index (κ2) is 5.65. The van der Waals surface area contributed by atoms with Crippen molar-refractivity contribution in [3.05, 3.63) is 46.1 Å². The molecule has 1 aromatic carbocycles. The first kappa shape index (κ1) is 13.3. The van der Waals surface area contributed by atoms with E-state index in [-0.39, 0.29) is 17.1 Å². The lowest BCUT2D eigenvalue weighted by molar-refractivity contribution is -0.523. The average molecular weight is 260 g/mol. The van der Waals surface area contributed by atoms with Gasteiger partial charge in [0.25, 0.3) is 0 Å². The maximum absolute atomic E-state index is 12.1. The van der Waals surface area contributed by atoms with E-state index in [0.29, 0.717) is 18.4 Å². The van der Waals surface area contributed by atoms with E-state index in [4.69, 9.17) is 0 Å². The van der Waals surface area contributed by atoms with Crippen molar-refractivity contribution in [1.29, 1.82) is 0 Å². The normalized spacial score (nSPS) is 12.5. The first-order chi connectivity index (χ1) is 9.13. The minimum Gasteiger partial charge on any atom is -0.360 e. The van der Waals surface area contributed by atoms with Crippen LogP contribution in [-0.2, 0) is 0 Å². The fraction of sp³-hybridized carbons (Fsp3) is 0.357. The van der Waals surface area contributed by atoms with E-state index >= 15 is 0 Å². The van der Waals surface area contributed by atoms with Gasteiger partial charge in [0.05, 0.1) is 0 Å². The number of rotatable bonds is 6. The Morgan fingerprint density at radius 1 is 1.42 bits per heavy atom. The number of aromatic amines is 1. The second-order valence-electron chi connectivity index (χ2n) is 4.56. The predicted molar refractivity (Wildman–Crippen MR) is 72.9 cm³/mol. The van der Waals surface area contributed by atoms with E-state index in [1.54, 1.807) is 13.1 Å². The summed E-state index contributed by atoms with van der Waals surface area (Å²) in [7, 11) is 0. The Balaban J connectivity index is 2.10. The lowest BCUT2D eigenvalue weighted by Crippen LogP contribution is -2.19. The molecule has 5 heteroatoms. The number of nitrogens with one attached hydrogen (secondary N) is 1. The van der Waals surface area contributed by atoms with Crippen molar-refractivity contribution in [1.82, 2.24) is 4.98 Å². The molecule has 2 aromatic rings. The van der Waals surface area contributed by atoms with Crippen LogP contribution < -0.4 is 0 Å². The number of ketones is 1. The van der Waals surface area contributed by atoms with Gasteiger partial charge in [0.15, 0.2) is 5.78 Å². The lowest BCUT2D eigenvalue weighted by atomic mass is 10.0. The van der Waals surface area contributed by atoms with Gasteiger partial charge >= 0.3 is 0 Å². The van der Waals surface area contributed by atoms with Crippen LogP contribution in [0.1, 0.15) is 36.5 Å². The molecule has 19 heavy (non-hydrogen) atoms.